The van der Waals surface area contributed by atoms with Gasteiger partial charge in [-0.15, -0.1) is 0 Å². The van der Waals surface area contributed by atoms with Crippen LogP contribution in [0.15, 0.2) is 22.8 Å². The minimum absolute atomic E-state index is 0.00482. The fourth-order valence-corrected chi connectivity index (χ4v) is 4.03. The summed E-state index contributed by atoms with van der Waals surface area (Å²) in [5.74, 6) is -1.90. The molecule has 0 aromatic carbocycles. The fourth-order valence-electron chi connectivity index (χ4n) is 2.31. The van der Waals surface area contributed by atoms with Gasteiger partial charge >= 0.3 is 12.1 Å². The third-order valence-corrected chi connectivity index (χ3v) is 5.58. The van der Waals surface area contributed by atoms with Gasteiger partial charge in [0.05, 0.1) is 11.5 Å². The molecule has 1 saturated heterocycles. The molecular weight excluding hydrogens is 311 g/mol. The van der Waals surface area contributed by atoms with Crippen LogP contribution in [0.4, 0.5) is 13.2 Å². The van der Waals surface area contributed by atoms with Crippen molar-refractivity contribution in [2.75, 3.05) is 13.1 Å². The van der Waals surface area contributed by atoms with Crippen molar-refractivity contribution in [1.29, 1.82) is 0 Å². The molecule has 0 saturated carbocycles. The van der Waals surface area contributed by atoms with E-state index in [2.05, 4.69) is 0 Å². The number of hydrogen-bond donors (Lipinski definition) is 0. The van der Waals surface area contributed by atoms with Gasteiger partial charge in [0.15, 0.2) is 9.84 Å². The Bertz CT molecular complexity index is 587. The van der Waals surface area contributed by atoms with E-state index in [-0.39, 0.29) is 31.7 Å². The number of sulfone groups is 1. The Morgan fingerprint density at radius 2 is 1.95 bits per heavy atom. The third-order valence-electron chi connectivity index (χ3n) is 3.40. The van der Waals surface area contributed by atoms with Crippen LogP contribution in [0.5, 0.6) is 0 Å². The molecule has 2 heterocycles. The van der Waals surface area contributed by atoms with E-state index >= 15 is 0 Å². The summed E-state index contributed by atoms with van der Waals surface area (Å²) in [6.07, 6.45) is -3.55. The van der Waals surface area contributed by atoms with Gasteiger partial charge in [0.1, 0.15) is 11.5 Å². The van der Waals surface area contributed by atoms with Crippen molar-refractivity contribution >= 4 is 15.7 Å². The van der Waals surface area contributed by atoms with Crippen molar-refractivity contribution in [3.8, 4) is 0 Å². The van der Waals surface area contributed by atoms with Crippen LogP contribution < -0.4 is 0 Å². The van der Waals surface area contributed by atoms with Gasteiger partial charge in [0.2, 0.25) is 0 Å². The highest BCUT2D eigenvalue weighted by atomic mass is 32.2. The minimum Gasteiger partial charge on any atom is -0.468 e. The molecule has 0 radical (unpaired) electrons. The maximum absolute atomic E-state index is 12.3. The Hall–Kier alpha value is -1.51. The van der Waals surface area contributed by atoms with Crippen LogP contribution in [0, 0.1) is 0 Å². The predicted molar refractivity (Wildman–Crippen MR) is 67.0 cm³/mol. The molecule has 5 nitrogen and oxygen atoms in total. The monoisotopic (exact) mass is 325 g/mol. The first-order chi connectivity index (χ1) is 9.70. The molecule has 1 aliphatic heterocycles. The Morgan fingerprint density at radius 1 is 1.33 bits per heavy atom. The van der Waals surface area contributed by atoms with Gasteiger partial charge in [-0.1, -0.05) is 0 Å². The van der Waals surface area contributed by atoms with E-state index < -0.39 is 27.2 Å². The van der Waals surface area contributed by atoms with Crippen LogP contribution in [-0.2, 0) is 20.4 Å². The highest BCUT2D eigenvalue weighted by molar-refractivity contribution is 7.91. The largest absolute Gasteiger partial charge is 0.471 e. The first-order valence-electron chi connectivity index (χ1n) is 6.30. The Morgan fingerprint density at radius 3 is 2.43 bits per heavy atom. The highest BCUT2D eigenvalue weighted by Crippen LogP contribution is 2.25. The number of alkyl halides is 3. The number of hydrogen-bond acceptors (Lipinski definition) is 4. The van der Waals surface area contributed by atoms with Gasteiger partial charge in [-0.05, 0) is 25.0 Å². The second kappa shape index (κ2) is 5.70. The van der Waals surface area contributed by atoms with E-state index in [0.29, 0.717) is 10.7 Å². The Labute approximate surface area is 119 Å². The van der Waals surface area contributed by atoms with Crippen molar-refractivity contribution < 1.29 is 30.8 Å². The molecule has 118 valence electrons. The quantitative estimate of drug-likeness (QED) is 0.849. The van der Waals surface area contributed by atoms with E-state index in [9.17, 15) is 26.4 Å². The van der Waals surface area contributed by atoms with Crippen molar-refractivity contribution in [1.82, 2.24) is 4.90 Å². The van der Waals surface area contributed by atoms with Crippen LogP contribution in [0.2, 0.25) is 0 Å². The molecule has 1 amide bonds. The van der Waals surface area contributed by atoms with Crippen molar-refractivity contribution in [2.24, 2.45) is 0 Å². The van der Waals surface area contributed by atoms with Crippen molar-refractivity contribution in [3.05, 3.63) is 24.2 Å². The van der Waals surface area contributed by atoms with Gasteiger partial charge < -0.3 is 9.32 Å². The molecule has 21 heavy (non-hydrogen) atoms. The van der Waals surface area contributed by atoms with Crippen LogP contribution in [0.25, 0.3) is 0 Å². The number of rotatable bonds is 3. The standard InChI is InChI=1S/C12H14F3NO4S/c13-12(14,15)11(17)16-5-3-10(4-6-16)21(18,19)8-9-2-1-7-20-9/h1-2,7,10H,3-6,8H2. The molecule has 1 aliphatic rings. The molecule has 0 N–H and O–H groups in total. The van der Waals surface area contributed by atoms with Gasteiger partial charge in [-0.2, -0.15) is 13.2 Å². The zero-order valence-electron chi connectivity index (χ0n) is 11.0. The topological polar surface area (TPSA) is 67.6 Å². The molecule has 9 heteroatoms. The number of piperidine rings is 1. The summed E-state index contributed by atoms with van der Waals surface area (Å²) in [5.41, 5.74) is 0. The molecule has 1 fully saturated rings. The van der Waals surface area contributed by atoms with E-state index in [1.165, 1.54) is 12.3 Å². The molecule has 0 atom stereocenters. The van der Waals surface area contributed by atoms with Gasteiger partial charge in [0, 0.05) is 13.1 Å². The van der Waals surface area contributed by atoms with Gasteiger partial charge in [0.25, 0.3) is 0 Å². The van der Waals surface area contributed by atoms with Crippen molar-refractivity contribution in [3.63, 3.8) is 0 Å². The fraction of sp³-hybridized carbons (Fsp3) is 0.583. The lowest BCUT2D eigenvalue weighted by Crippen LogP contribution is -2.47. The summed E-state index contributed by atoms with van der Waals surface area (Å²) in [6.45, 7) is -0.416. The average molecular weight is 325 g/mol. The van der Waals surface area contributed by atoms with Crippen LogP contribution in [-0.4, -0.2) is 43.7 Å². The highest BCUT2D eigenvalue weighted by Gasteiger charge is 2.44. The maximum Gasteiger partial charge on any atom is 0.471 e. The second-order valence-electron chi connectivity index (χ2n) is 4.88. The van der Waals surface area contributed by atoms with Gasteiger partial charge in [-0.3, -0.25) is 4.79 Å². The Kier molecular flexibility index (Phi) is 4.31. The van der Waals surface area contributed by atoms with Crippen LogP contribution >= 0.6 is 0 Å². The molecule has 0 spiro atoms. The first-order valence-corrected chi connectivity index (χ1v) is 8.02. The number of carbonyl (C=O) groups excluding carboxylic acids is 1. The van der Waals surface area contributed by atoms with Crippen molar-refractivity contribution in [2.45, 2.75) is 30.0 Å². The lowest BCUT2D eigenvalue weighted by Gasteiger charge is -2.31. The zero-order chi connectivity index (χ0) is 15.7. The lowest BCUT2D eigenvalue weighted by atomic mass is 10.1. The average Bonchev–Trinajstić information content (AvgIpc) is 2.89. The molecule has 0 aliphatic carbocycles. The first kappa shape index (κ1) is 15.9. The second-order valence-corrected chi connectivity index (χ2v) is 7.16. The summed E-state index contributed by atoms with van der Waals surface area (Å²) in [6, 6.07) is 3.09. The smallest absolute Gasteiger partial charge is 0.468 e. The number of halogens is 3. The molecule has 0 bridgehead atoms. The molecule has 0 unspecified atom stereocenters. The van der Waals surface area contributed by atoms with E-state index in [1.807, 2.05) is 0 Å². The normalized spacial score (nSPS) is 18.0. The number of likely N-dealkylation sites (tertiary alicyclic amines) is 1. The molecule has 1 aromatic heterocycles. The summed E-state index contributed by atoms with van der Waals surface area (Å²) in [4.78, 5) is 11.7. The maximum atomic E-state index is 12.3. The number of amides is 1. The summed E-state index contributed by atoms with van der Waals surface area (Å²) < 4.78 is 66.1. The van der Waals surface area contributed by atoms with E-state index in [1.54, 1.807) is 6.07 Å². The lowest BCUT2D eigenvalue weighted by molar-refractivity contribution is -0.186. The number of furan rings is 1. The number of nitrogens with zero attached hydrogens (tertiary/aromatic N) is 1. The minimum atomic E-state index is -4.92. The third kappa shape index (κ3) is 3.78. The summed E-state index contributed by atoms with van der Waals surface area (Å²) in [5, 5.41) is -0.750. The zero-order valence-corrected chi connectivity index (χ0v) is 11.8. The van der Waals surface area contributed by atoms with Crippen LogP contribution in [0.1, 0.15) is 18.6 Å². The van der Waals surface area contributed by atoms with Gasteiger partial charge in [-0.25, -0.2) is 8.42 Å². The molecule has 1 aromatic rings. The van der Waals surface area contributed by atoms with E-state index in [4.69, 9.17) is 4.42 Å². The SMILES string of the molecule is O=C(N1CCC(S(=O)(=O)Cc2ccco2)CC1)C(F)(F)F. The van der Waals surface area contributed by atoms with Crippen LogP contribution in [0.3, 0.4) is 0 Å². The predicted octanol–water partition coefficient (Wildman–Crippen LogP) is 1.75. The molecular formula is C12H14F3NO4S. The number of carbonyl (C=O) groups is 1. The molecule has 2 rings (SSSR count). The Balaban J connectivity index is 1.96. The van der Waals surface area contributed by atoms with E-state index in [0.717, 1.165) is 0 Å². The summed E-state index contributed by atoms with van der Waals surface area (Å²) >= 11 is 0. The summed E-state index contributed by atoms with van der Waals surface area (Å²) in [7, 11) is -3.50.